The summed E-state index contributed by atoms with van der Waals surface area (Å²) >= 11 is 12.2. The highest BCUT2D eigenvalue weighted by molar-refractivity contribution is 6.42. The molecule has 16 heavy (non-hydrogen) atoms. The molecule has 0 spiro atoms. The molecule has 5 heteroatoms. The first-order chi connectivity index (χ1) is 7.74. The molecule has 1 atom stereocenters. The highest BCUT2D eigenvalue weighted by Crippen LogP contribution is 2.30. The molecule has 1 aliphatic heterocycles. The predicted molar refractivity (Wildman–Crippen MR) is 68.6 cm³/mol. The van der Waals surface area contributed by atoms with Crippen LogP contribution in [0.1, 0.15) is 11.6 Å². The molecule has 0 radical (unpaired) electrons. The Kier molecular flexibility index (Phi) is 3.69. The third-order valence-electron chi connectivity index (χ3n) is 2.55. The van der Waals surface area contributed by atoms with Gasteiger partial charge in [0.15, 0.2) is 0 Å². The van der Waals surface area contributed by atoms with Crippen LogP contribution in [0.5, 0.6) is 0 Å². The van der Waals surface area contributed by atoms with Gasteiger partial charge in [0.2, 0.25) is 0 Å². The number of halogens is 2. The quantitative estimate of drug-likeness (QED) is 0.872. The minimum Gasteiger partial charge on any atom is -0.370 e. The van der Waals surface area contributed by atoms with E-state index in [1.165, 1.54) is 0 Å². The number of aliphatic imine (C=N–C) groups is 1. The fraction of sp³-hybridized carbons (Fsp3) is 0.364. The summed E-state index contributed by atoms with van der Waals surface area (Å²) < 4.78 is 0. The number of hydrogen-bond donors (Lipinski definition) is 2. The normalized spacial score (nSPS) is 16.8. The average Bonchev–Trinajstić information content (AvgIpc) is 2.79. The highest BCUT2D eigenvalue weighted by Gasteiger charge is 2.21. The first-order valence-corrected chi connectivity index (χ1v) is 5.89. The molecular formula is C11H13Cl2N3. The molecule has 0 aliphatic carbocycles. The van der Waals surface area contributed by atoms with Crippen LogP contribution in [-0.4, -0.2) is 26.0 Å². The third kappa shape index (κ3) is 2.17. The molecule has 0 saturated carbocycles. The molecule has 1 aromatic carbocycles. The molecule has 1 aromatic rings. The van der Waals surface area contributed by atoms with Gasteiger partial charge in [-0.15, -0.1) is 0 Å². The summed E-state index contributed by atoms with van der Waals surface area (Å²) in [6, 6.07) is 5.61. The molecule has 3 nitrogen and oxygen atoms in total. The van der Waals surface area contributed by atoms with E-state index in [0.29, 0.717) is 10.0 Å². The van der Waals surface area contributed by atoms with Gasteiger partial charge in [-0.2, -0.15) is 0 Å². The third-order valence-corrected chi connectivity index (χ3v) is 3.39. The maximum Gasteiger partial charge on any atom is 0.118 e. The van der Waals surface area contributed by atoms with Gasteiger partial charge in [0.05, 0.1) is 22.6 Å². The lowest BCUT2D eigenvalue weighted by Crippen LogP contribution is -2.33. The first kappa shape index (κ1) is 11.7. The van der Waals surface area contributed by atoms with Crippen molar-refractivity contribution in [3.63, 3.8) is 0 Å². The van der Waals surface area contributed by atoms with Crippen molar-refractivity contribution in [1.29, 1.82) is 0 Å². The van der Waals surface area contributed by atoms with Gasteiger partial charge in [-0.25, -0.2) is 0 Å². The maximum atomic E-state index is 6.19. The summed E-state index contributed by atoms with van der Waals surface area (Å²) in [7, 11) is 1.88. The number of hydrogen-bond acceptors (Lipinski definition) is 3. The van der Waals surface area contributed by atoms with E-state index in [4.69, 9.17) is 23.2 Å². The Bertz CT molecular complexity index is 418. The van der Waals surface area contributed by atoms with E-state index in [1.807, 2.05) is 19.2 Å². The fourth-order valence-electron chi connectivity index (χ4n) is 1.79. The van der Waals surface area contributed by atoms with Crippen molar-refractivity contribution in [2.75, 3.05) is 20.1 Å². The van der Waals surface area contributed by atoms with E-state index in [-0.39, 0.29) is 6.04 Å². The smallest absolute Gasteiger partial charge is 0.118 e. The fourth-order valence-corrected chi connectivity index (χ4v) is 2.21. The number of rotatable bonds is 3. The monoisotopic (exact) mass is 257 g/mol. The molecule has 2 rings (SSSR count). The van der Waals surface area contributed by atoms with Crippen LogP contribution in [0, 0.1) is 0 Å². The molecule has 1 unspecified atom stereocenters. The molecule has 0 saturated heterocycles. The molecule has 86 valence electrons. The van der Waals surface area contributed by atoms with E-state index < -0.39 is 0 Å². The van der Waals surface area contributed by atoms with Crippen LogP contribution in [0.2, 0.25) is 10.0 Å². The van der Waals surface area contributed by atoms with Crippen molar-refractivity contribution in [2.24, 2.45) is 4.99 Å². The van der Waals surface area contributed by atoms with E-state index in [1.54, 1.807) is 6.07 Å². The Labute approximate surface area is 105 Å². The van der Waals surface area contributed by atoms with Crippen molar-refractivity contribution in [1.82, 2.24) is 10.6 Å². The molecule has 0 bridgehead atoms. The average molecular weight is 258 g/mol. The number of benzene rings is 1. The summed E-state index contributed by atoms with van der Waals surface area (Å²) in [6.45, 7) is 1.69. The molecule has 0 amide bonds. The number of likely N-dealkylation sites (N-methyl/N-ethyl adjacent to an activating group) is 1. The van der Waals surface area contributed by atoms with Gasteiger partial charge in [0, 0.05) is 6.54 Å². The summed E-state index contributed by atoms with van der Waals surface area (Å²) in [5, 5.41) is 7.58. The van der Waals surface area contributed by atoms with Gasteiger partial charge in [0.1, 0.15) is 5.84 Å². The lowest BCUT2D eigenvalue weighted by atomic mass is 10.1. The van der Waals surface area contributed by atoms with E-state index >= 15 is 0 Å². The molecule has 2 N–H and O–H groups in total. The van der Waals surface area contributed by atoms with E-state index in [9.17, 15) is 0 Å². The zero-order valence-electron chi connectivity index (χ0n) is 8.93. The standard InChI is InChI=1S/C11H13Cl2N3/c1-14-10(11-15-5-6-16-11)7-3-2-4-8(12)9(7)13/h2-4,10,14H,5-6H2,1H3,(H,15,16). The van der Waals surface area contributed by atoms with Crippen molar-refractivity contribution in [3.05, 3.63) is 33.8 Å². The minimum atomic E-state index is -0.0197. The minimum absolute atomic E-state index is 0.0197. The summed E-state index contributed by atoms with van der Waals surface area (Å²) in [4.78, 5) is 4.40. The van der Waals surface area contributed by atoms with Gasteiger partial charge in [-0.3, -0.25) is 4.99 Å². The lowest BCUT2D eigenvalue weighted by Gasteiger charge is -2.18. The summed E-state index contributed by atoms with van der Waals surface area (Å²) in [6.07, 6.45) is 0. The Balaban J connectivity index is 2.36. The summed E-state index contributed by atoms with van der Waals surface area (Å²) in [5.74, 6) is 0.923. The largest absolute Gasteiger partial charge is 0.370 e. The number of nitrogens with zero attached hydrogens (tertiary/aromatic N) is 1. The van der Waals surface area contributed by atoms with Crippen LogP contribution >= 0.6 is 23.2 Å². The predicted octanol–water partition coefficient (Wildman–Crippen LogP) is 2.26. The second-order valence-corrected chi connectivity index (χ2v) is 4.34. The molecule has 0 aromatic heterocycles. The first-order valence-electron chi connectivity index (χ1n) is 5.13. The zero-order valence-corrected chi connectivity index (χ0v) is 10.4. The second kappa shape index (κ2) is 5.04. The van der Waals surface area contributed by atoms with Crippen LogP contribution in [-0.2, 0) is 0 Å². The van der Waals surface area contributed by atoms with Crippen LogP contribution in [0.3, 0.4) is 0 Å². The molecule has 0 fully saturated rings. The highest BCUT2D eigenvalue weighted by atomic mass is 35.5. The van der Waals surface area contributed by atoms with E-state index in [0.717, 1.165) is 24.5 Å². The van der Waals surface area contributed by atoms with Crippen LogP contribution in [0.4, 0.5) is 0 Å². The zero-order chi connectivity index (χ0) is 11.5. The van der Waals surface area contributed by atoms with Gasteiger partial charge in [0.25, 0.3) is 0 Å². The van der Waals surface area contributed by atoms with Crippen LogP contribution in [0.15, 0.2) is 23.2 Å². The molecule has 1 heterocycles. The van der Waals surface area contributed by atoms with Crippen molar-refractivity contribution in [2.45, 2.75) is 6.04 Å². The molecular weight excluding hydrogens is 245 g/mol. The number of amidine groups is 1. The Morgan fingerprint density at radius 3 is 2.88 bits per heavy atom. The summed E-state index contributed by atoms with van der Waals surface area (Å²) in [5.41, 5.74) is 0.949. The van der Waals surface area contributed by atoms with Gasteiger partial charge >= 0.3 is 0 Å². The molecule has 1 aliphatic rings. The van der Waals surface area contributed by atoms with Gasteiger partial charge < -0.3 is 10.6 Å². The maximum absolute atomic E-state index is 6.19. The Hall–Kier alpha value is -0.770. The SMILES string of the molecule is CNC(C1=NCCN1)c1cccc(Cl)c1Cl. The number of nitrogens with one attached hydrogen (secondary N) is 2. The Morgan fingerprint density at radius 2 is 2.25 bits per heavy atom. The Morgan fingerprint density at radius 1 is 1.44 bits per heavy atom. The van der Waals surface area contributed by atoms with Crippen LogP contribution < -0.4 is 10.6 Å². The van der Waals surface area contributed by atoms with Crippen LogP contribution in [0.25, 0.3) is 0 Å². The van der Waals surface area contributed by atoms with Gasteiger partial charge in [-0.05, 0) is 18.7 Å². The topological polar surface area (TPSA) is 36.4 Å². The van der Waals surface area contributed by atoms with Crippen molar-refractivity contribution >= 4 is 29.0 Å². The lowest BCUT2D eigenvalue weighted by molar-refractivity contribution is 0.731. The van der Waals surface area contributed by atoms with Crippen molar-refractivity contribution < 1.29 is 0 Å². The second-order valence-electron chi connectivity index (χ2n) is 3.56. The van der Waals surface area contributed by atoms with E-state index in [2.05, 4.69) is 15.6 Å². The van der Waals surface area contributed by atoms with Crippen molar-refractivity contribution in [3.8, 4) is 0 Å². The van der Waals surface area contributed by atoms with Gasteiger partial charge in [-0.1, -0.05) is 35.3 Å².